The number of carbonyl (C=O) groups is 3. The van der Waals surface area contributed by atoms with Gasteiger partial charge in [0.1, 0.15) is 6.04 Å². The predicted molar refractivity (Wildman–Crippen MR) is 63.8 cm³/mol. The lowest BCUT2D eigenvalue weighted by atomic mass is 9.92. The number of aliphatic carboxylic acids is 1. The Kier molecular flexibility index (Phi) is 4.94. The zero-order chi connectivity index (χ0) is 13.7. The highest BCUT2D eigenvalue weighted by Gasteiger charge is 2.28. The van der Waals surface area contributed by atoms with Crippen LogP contribution >= 0.6 is 0 Å². The van der Waals surface area contributed by atoms with Crippen molar-refractivity contribution < 1.29 is 19.5 Å². The van der Waals surface area contributed by atoms with Crippen molar-refractivity contribution in [1.82, 2.24) is 10.2 Å². The van der Waals surface area contributed by atoms with Gasteiger partial charge in [-0.1, -0.05) is 0 Å². The van der Waals surface area contributed by atoms with Gasteiger partial charge >= 0.3 is 12.0 Å². The Morgan fingerprint density at radius 3 is 2.44 bits per heavy atom. The molecule has 102 valence electrons. The molecule has 0 heterocycles. The predicted octanol–water partition coefficient (Wildman–Crippen LogP) is -0.101. The Balaban J connectivity index is 2.46. The summed E-state index contributed by atoms with van der Waals surface area (Å²) in [5.41, 5.74) is 4.96. The fraction of sp³-hybridized carbons (Fsp3) is 0.727. The first-order valence-electron chi connectivity index (χ1n) is 5.96. The highest BCUT2D eigenvalue weighted by atomic mass is 16.4. The molecule has 1 atom stereocenters. The number of nitrogens with one attached hydrogen (secondary N) is 1. The lowest BCUT2D eigenvalue weighted by molar-refractivity contribution is -0.139. The van der Waals surface area contributed by atoms with Crippen LogP contribution in [0.1, 0.15) is 32.1 Å². The average Bonchev–Trinajstić information content (AvgIpc) is 2.20. The van der Waals surface area contributed by atoms with Crippen LogP contribution in [-0.4, -0.2) is 47.0 Å². The molecule has 1 fully saturated rings. The molecule has 7 nitrogen and oxygen atoms in total. The molecule has 0 aromatic carbocycles. The number of urea groups is 1. The summed E-state index contributed by atoms with van der Waals surface area (Å²) in [6, 6.07) is -1.31. The molecule has 0 radical (unpaired) electrons. The zero-order valence-electron chi connectivity index (χ0n) is 10.4. The van der Waals surface area contributed by atoms with Crippen molar-refractivity contribution in [2.45, 2.75) is 44.2 Å². The van der Waals surface area contributed by atoms with Gasteiger partial charge in [-0.2, -0.15) is 0 Å². The molecule has 3 amide bonds. The Morgan fingerprint density at radius 1 is 1.44 bits per heavy atom. The van der Waals surface area contributed by atoms with Gasteiger partial charge in [0, 0.05) is 19.5 Å². The molecule has 1 saturated carbocycles. The summed E-state index contributed by atoms with van der Waals surface area (Å²) >= 11 is 0. The number of hydrogen-bond acceptors (Lipinski definition) is 3. The molecular weight excluding hydrogens is 238 g/mol. The van der Waals surface area contributed by atoms with E-state index in [0.29, 0.717) is 0 Å². The summed E-state index contributed by atoms with van der Waals surface area (Å²) in [5, 5.41) is 11.3. The van der Waals surface area contributed by atoms with Gasteiger partial charge in [0.25, 0.3) is 0 Å². The van der Waals surface area contributed by atoms with Crippen LogP contribution in [-0.2, 0) is 9.59 Å². The van der Waals surface area contributed by atoms with Crippen molar-refractivity contribution in [3.8, 4) is 0 Å². The summed E-state index contributed by atoms with van der Waals surface area (Å²) in [6.45, 7) is 0. The standard InChI is InChI=1S/C11H19N3O4/c1-14(7-3-2-4-7)11(18)13-8(10(16)17)5-6-9(12)15/h7-8H,2-6H2,1H3,(H2,12,15)(H,13,18)(H,16,17)/t8-/m1/s1. The Labute approximate surface area is 105 Å². The van der Waals surface area contributed by atoms with Crippen LogP contribution in [0.25, 0.3) is 0 Å². The molecule has 0 spiro atoms. The van der Waals surface area contributed by atoms with E-state index in [1.54, 1.807) is 7.05 Å². The van der Waals surface area contributed by atoms with Crippen LogP contribution in [0.4, 0.5) is 4.79 Å². The lowest BCUT2D eigenvalue weighted by Gasteiger charge is -2.35. The Morgan fingerprint density at radius 2 is 2.06 bits per heavy atom. The van der Waals surface area contributed by atoms with Gasteiger partial charge in [0.2, 0.25) is 5.91 Å². The first-order chi connectivity index (χ1) is 8.41. The van der Waals surface area contributed by atoms with Crippen molar-refractivity contribution in [3.05, 3.63) is 0 Å². The second-order valence-corrected chi connectivity index (χ2v) is 4.54. The molecule has 0 aromatic heterocycles. The summed E-state index contributed by atoms with van der Waals surface area (Å²) in [5.74, 6) is -1.74. The number of primary amides is 1. The SMILES string of the molecule is CN(C(=O)N[C@H](CCC(N)=O)C(=O)O)C1CCC1. The van der Waals surface area contributed by atoms with E-state index < -0.39 is 23.9 Å². The van der Waals surface area contributed by atoms with E-state index >= 15 is 0 Å². The van der Waals surface area contributed by atoms with E-state index in [4.69, 9.17) is 10.8 Å². The van der Waals surface area contributed by atoms with Crippen molar-refractivity contribution in [3.63, 3.8) is 0 Å². The van der Waals surface area contributed by atoms with E-state index in [0.717, 1.165) is 19.3 Å². The van der Waals surface area contributed by atoms with Gasteiger partial charge in [0.15, 0.2) is 0 Å². The molecule has 7 heteroatoms. The third kappa shape index (κ3) is 3.90. The van der Waals surface area contributed by atoms with Crippen LogP contribution in [0.3, 0.4) is 0 Å². The average molecular weight is 257 g/mol. The Hall–Kier alpha value is -1.79. The van der Waals surface area contributed by atoms with Crippen molar-refractivity contribution in [1.29, 1.82) is 0 Å². The molecule has 0 aliphatic heterocycles. The molecule has 0 aromatic rings. The van der Waals surface area contributed by atoms with E-state index in [9.17, 15) is 14.4 Å². The first-order valence-corrected chi connectivity index (χ1v) is 5.96. The third-order valence-electron chi connectivity index (χ3n) is 3.22. The van der Waals surface area contributed by atoms with E-state index in [1.165, 1.54) is 4.90 Å². The monoisotopic (exact) mass is 257 g/mol. The van der Waals surface area contributed by atoms with Crippen LogP contribution < -0.4 is 11.1 Å². The topological polar surface area (TPSA) is 113 Å². The lowest BCUT2D eigenvalue weighted by Crippen LogP contribution is -2.51. The Bertz CT molecular complexity index is 341. The molecule has 0 saturated heterocycles. The van der Waals surface area contributed by atoms with Gasteiger partial charge in [-0.05, 0) is 25.7 Å². The second kappa shape index (κ2) is 6.23. The number of amides is 3. The summed E-state index contributed by atoms with van der Waals surface area (Å²) in [7, 11) is 1.64. The largest absolute Gasteiger partial charge is 0.480 e. The van der Waals surface area contributed by atoms with Crippen molar-refractivity contribution in [2.24, 2.45) is 5.73 Å². The molecule has 4 N–H and O–H groups in total. The number of carboxylic acid groups (broad SMARTS) is 1. The molecular formula is C11H19N3O4. The molecule has 1 aliphatic rings. The first kappa shape index (κ1) is 14.3. The van der Waals surface area contributed by atoms with Crippen LogP contribution in [0, 0.1) is 0 Å². The number of rotatable bonds is 6. The van der Waals surface area contributed by atoms with Crippen LogP contribution in [0.2, 0.25) is 0 Å². The van der Waals surface area contributed by atoms with Gasteiger partial charge in [-0.3, -0.25) is 4.79 Å². The highest BCUT2D eigenvalue weighted by Crippen LogP contribution is 2.23. The molecule has 1 aliphatic carbocycles. The quantitative estimate of drug-likeness (QED) is 0.616. The maximum atomic E-state index is 11.8. The van der Waals surface area contributed by atoms with E-state index in [-0.39, 0.29) is 18.9 Å². The molecule has 1 rings (SSSR count). The van der Waals surface area contributed by atoms with Gasteiger partial charge in [0.05, 0.1) is 0 Å². The second-order valence-electron chi connectivity index (χ2n) is 4.54. The normalized spacial score (nSPS) is 16.5. The van der Waals surface area contributed by atoms with Gasteiger partial charge in [-0.25, -0.2) is 9.59 Å². The van der Waals surface area contributed by atoms with E-state index in [1.807, 2.05) is 0 Å². The van der Waals surface area contributed by atoms with E-state index in [2.05, 4.69) is 5.32 Å². The van der Waals surface area contributed by atoms with Gasteiger partial charge in [-0.15, -0.1) is 0 Å². The summed E-state index contributed by atoms with van der Waals surface area (Å²) < 4.78 is 0. The smallest absolute Gasteiger partial charge is 0.326 e. The zero-order valence-corrected chi connectivity index (χ0v) is 10.4. The van der Waals surface area contributed by atoms with Crippen molar-refractivity contribution >= 4 is 17.9 Å². The molecule has 0 unspecified atom stereocenters. The van der Waals surface area contributed by atoms with Crippen molar-refractivity contribution in [2.75, 3.05) is 7.05 Å². The fourth-order valence-corrected chi connectivity index (χ4v) is 1.73. The van der Waals surface area contributed by atoms with Crippen LogP contribution in [0.15, 0.2) is 0 Å². The number of hydrogen-bond donors (Lipinski definition) is 3. The fourth-order valence-electron chi connectivity index (χ4n) is 1.73. The molecule has 18 heavy (non-hydrogen) atoms. The third-order valence-corrected chi connectivity index (χ3v) is 3.22. The minimum absolute atomic E-state index is 0.00884. The summed E-state index contributed by atoms with van der Waals surface area (Å²) in [6.07, 6.45) is 2.93. The maximum absolute atomic E-state index is 11.8. The number of nitrogens with two attached hydrogens (primary N) is 1. The number of carboxylic acids is 1. The minimum Gasteiger partial charge on any atom is -0.480 e. The summed E-state index contributed by atoms with van der Waals surface area (Å²) in [4.78, 5) is 34.8. The highest BCUT2D eigenvalue weighted by molar-refractivity contribution is 5.83. The minimum atomic E-state index is -1.16. The maximum Gasteiger partial charge on any atom is 0.326 e. The number of carbonyl (C=O) groups excluding carboxylic acids is 2. The van der Waals surface area contributed by atoms with Gasteiger partial charge < -0.3 is 21.1 Å². The number of nitrogens with zero attached hydrogens (tertiary/aromatic N) is 1. The van der Waals surface area contributed by atoms with Crippen LogP contribution in [0.5, 0.6) is 0 Å². The molecule has 0 bridgehead atoms.